The average Bonchev–Trinajstić information content (AvgIpc) is 1.97. The maximum absolute atomic E-state index is 12.5. The van der Waals surface area contributed by atoms with Crippen LogP contribution >= 0.6 is 0 Å². The molecule has 0 saturated carbocycles. The molecule has 1 heterocycles. The molecule has 6 heteroatoms. The van der Waals surface area contributed by atoms with Crippen molar-refractivity contribution in [2.75, 3.05) is 5.73 Å². The van der Waals surface area contributed by atoms with Crippen molar-refractivity contribution in [2.24, 2.45) is 0 Å². The highest BCUT2D eigenvalue weighted by molar-refractivity contribution is 5.56. The van der Waals surface area contributed by atoms with E-state index in [0.29, 0.717) is 6.20 Å². The monoisotopic (exact) mass is 178 g/mol. The number of anilines is 1. The van der Waals surface area contributed by atoms with Gasteiger partial charge in [-0.1, -0.05) is 0 Å². The molecule has 0 aliphatic heterocycles. The summed E-state index contributed by atoms with van der Waals surface area (Å²) in [6, 6.07) is 0. The lowest BCUT2D eigenvalue weighted by molar-refractivity contribution is 0.145. The molecule has 0 spiro atoms. The minimum Gasteiger partial charge on any atom is -0.504 e. The molecule has 0 fully saturated rings. The molecule has 3 nitrogen and oxygen atoms in total. The lowest BCUT2D eigenvalue weighted by Crippen LogP contribution is -2.01. The number of nitrogen functional groups attached to an aromatic ring is 1. The molecule has 0 bridgehead atoms. The van der Waals surface area contributed by atoms with E-state index in [1.165, 1.54) is 0 Å². The number of aromatic nitrogens is 1. The third-order valence-electron chi connectivity index (χ3n) is 1.31. The van der Waals surface area contributed by atoms with Gasteiger partial charge in [0.15, 0.2) is 5.75 Å². The summed E-state index contributed by atoms with van der Waals surface area (Å²) in [5.41, 5.74) is 3.25. The van der Waals surface area contributed by atoms with Crippen LogP contribution in [0.4, 0.5) is 18.9 Å². The average molecular weight is 178 g/mol. The predicted octanol–water partition coefficient (Wildman–Crippen LogP) is 1.45. The minimum absolute atomic E-state index is 0.647. The number of pyridine rings is 1. The van der Waals surface area contributed by atoms with Crippen LogP contribution in [0, 0.1) is 5.95 Å². The fourth-order valence-corrected chi connectivity index (χ4v) is 0.714. The molecule has 0 radical (unpaired) electrons. The summed E-state index contributed by atoms with van der Waals surface area (Å²) < 4.78 is 36.5. The van der Waals surface area contributed by atoms with Gasteiger partial charge in [0, 0.05) is 0 Å². The Kier molecular flexibility index (Phi) is 2.07. The van der Waals surface area contributed by atoms with Crippen LogP contribution in [-0.4, -0.2) is 10.1 Å². The van der Waals surface area contributed by atoms with Crippen LogP contribution in [0.1, 0.15) is 12.0 Å². The third kappa shape index (κ3) is 1.27. The van der Waals surface area contributed by atoms with Gasteiger partial charge in [-0.2, -0.15) is 4.39 Å². The smallest absolute Gasteiger partial charge is 0.270 e. The number of alkyl halides is 2. The molecule has 0 amide bonds. The lowest BCUT2D eigenvalue weighted by Gasteiger charge is -2.05. The minimum atomic E-state index is -3.08. The highest BCUT2D eigenvalue weighted by atomic mass is 19.3. The number of rotatable bonds is 1. The molecule has 1 aromatic rings. The van der Waals surface area contributed by atoms with E-state index in [0.717, 1.165) is 0 Å². The van der Waals surface area contributed by atoms with Crippen molar-refractivity contribution in [3.05, 3.63) is 17.7 Å². The van der Waals surface area contributed by atoms with Crippen molar-refractivity contribution in [2.45, 2.75) is 6.43 Å². The molecule has 1 rings (SSSR count). The molecule has 0 unspecified atom stereocenters. The summed E-state index contributed by atoms with van der Waals surface area (Å²) in [5, 5.41) is 8.79. The van der Waals surface area contributed by atoms with Crippen LogP contribution in [-0.2, 0) is 0 Å². The molecule has 0 aliphatic carbocycles. The van der Waals surface area contributed by atoms with Crippen LogP contribution in [0.3, 0.4) is 0 Å². The van der Waals surface area contributed by atoms with Crippen molar-refractivity contribution < 1.29 is 18.3 Å². The fraction of sp³-hybridized carbons (Fsp3) is 0.167. The highest BCUT2D eigenvalue weighted by Gasteiger charge is 2.20. The van der Waals surface area contributed by atoms with Gasteiger partial charge < -0.3 is 10.8 Å². The Morgan fingerprint density at radius 3 is 2.50 bits per heavy atom. The number of aromatic hydroxyl groups is 1. The Morgan fingerprint density at radius 2 is 2.08 bits per heavy atom. The fourth-order valence-electron chi connectivity index (χ4n) is 0.714. The summed E-state index contributed by atoms with van der Waals surface area (Å²) in [4.78, 5) is 2.88. The zero-order chi connectivity index (χ0) is 9.30. The molecule has 1 aromatic heterocycles. The largest absolute Gasteiger partial charge is 0.504 e. The van der Waals surface area contributed by atoms with Crippen LogP contribution in [0.25, 0.3) is 0 Å². The first kappa shape index (κ1) is 8.63. The molecule has 0 saturated heterocycles. The van der Waals surface area contributed by atoms with Gasteiger partial charge in [-0.25, -0.2) is 13.8 Å². The number of hydrogen-bond acceptors (Lipinski definition) is 3. The van der Waals surface area contributed by atoms with Gasteiger partial charge in [0.2, 0.25) is 5.95 Å². The lowest BCUT2D eigenvalue weighted by atomic mass is 10.2. The van der Waals surface area contributed by atoms with E-state index < -0.39 is 29.4 Å². The second-order valence-corrected chi connectivity index (χ2v) is 2.06. The van der Waals surface area contributed by atoms with Crippen molar-refractivity contribution in [1.29, 1.82) is 0 Å². The molecule has 0 aliphatic rings. The topological polar surface area (TPSA) is 59.1 Å². The van der Waals surface area contributed by atoms with Crippen LogP contribution in [0.2, 0.25) is 0 Å². The van der Waals surface area contributed by atoms with Crippen LogP contribution in [0.15, 0.2) is 6.20 Å². The second-order valence-electron chi connectivity index (χ2n) is 2.06. The zero-order valence-corrected chi connectivity index (χ0v) is 5.76. The molecular formula is C6H5F3N2O. The molecule has 66 valence electrons. The van der Waals surface area contributed by atoms with Crippen molar-refractivity contribution >= 4 is 5.69 Å². The Hall–Kier alpha value is -1.46. The van der Waals surface area contributed by atoms with Crippen LogP contribution < -0.4 is 5.73 Å². The van der Waals surface area contributed by atoms with Gasteiger partial charge in [-0.15, -0.1) is 0 Å². The SMILES string of the molecule is Nc1c(O)cnc(F)c1C(F)F. The van der Waals surface area contributed by atoms with E-state index in [4.69, 9.17) is 10.8 Å². The van der Waals surface area contributed by atoms with E-state index in [-0.39, 0.29) is 0 Å². The standard InChI is InChI=1S/C6H5F3N2O/c7-5(8)3-4(10)2(12)1-11-6(3)9/h1,5,12H,(H2,10,11). The van der Waals surface area contributed by atoms with Gasteiger partial charge >= 0.3 is 0 Å². The molecule has 0 atom stereocenters. The van der Waals surface area contributed by atoms with Gasteiger partial charge in [0.05, 0.1) is 17.4 Å². The first-order valence-electron chi connectivity index (χ1n) is 2.95. The number of halogens is 3. The zero-order valence-electron chi connectivity index (χ0n) is 5.76. The summed E-state index contributed by atoms with van der Waals surface area (Å²) >= 11 is 0. The summed E-state index contributed by atoms with van der Waals surface area (Å²) in [5.74, 6) is -2.01. The molecule has 0 aromatic carbocycles. The molecular weight excluding hydrogens is 173 g/mol. The molecule has 12 heavy (non-hydrogen) atoms. The summed E-state index contributed by atoms with van der Waals surface area (Å²) in [6.45, 7) is 0. The van der Waals surface area contributed by atoms with Gasteiger partial charge in [0.25, 0.3) is 6.43 Å². The maximum atomic E-state index is 12.5. The van der Waals surface area contributed by atoms with Gasteiger partial charge in [0.1, 0.15) is 0 Å². The maximum Gasteiger partial charge on any atom is 0.270 e. The number of hydrogen-bond donors (Lipinski definition) is 2. The number of nitrogens with two attached hydrogens (primary N) is 1. The first-order chi connectivity index (χ1) is 5.54. The van der Waals surface area contributed by atoms with Crippen molar-refractivity contribution in [1.82, 2.24) is 4.98 Å². The summed E-state index contributed by atoms with van der Waals surface area (Å²) in [6.07, 6.45) is -2.40. The van der Waals surface area contributed by atoms with E-state index >= 15 is 0 Å². The number of nitrogens with zero attached hydrogens (tertiary/aromatic N) is 1. The Bertz CT molecular complexity index is 303. The first-order valence-corrected chi connectivity index (χ1v) is 2.95. The second kappa shape index (κ2) is 2.88. The van der Waals surface area contributed by atoms with Gasteiger partial charge in [-0.3, -0.25) is 0 Å². The van der Waals surface area contributed by atoms with Crippen molar-refractivity contribution in [3.8, 4) is 5.75 Å². The van der Waals surface area contributed by atoms with E-state index in [1.807, 2.05) is 0 Å². The Morgan fingerprint density at radius 1 is 1.50 bits per heavy atom. The highest BCUT2D eigenvalue weighted by Crippen LogP contribution is 2.31. The quantitative estimate of drug-likeness (QED) is 0.639. The predicted molar refractivity (Wildman–Crippen MR) is 35.2 cm³/mol. The van der Waals surface area contributed by atoms with Crippen LogP contribution in [0.5, 0.6) is 5.75 Å². The van der Waals surface area contributed by atoms with Gasteiger partial charge in [-0.05, 0) is 0 Å². The normalized spacial score (nSPS) is 10.7. The van der Waals surface area contributed by atoms with E-state index in [1.54, 1.807) is 0 Å². The third-order valence-corrected chi connectivity index (χ3v) is 1.31. The van der Waals surface area contributed by atoms with E-state index in [9.17, 15) is 13.2 Å². The van der Waals surface area contributed by atoms with E-state index in [2.05, 4.69) is 4.98 Å². The molecule has 3 N–H and O–H groups in total. The Labute approximate surface area is 65.6 Å². The summed E-state index contributed by atoms with van der Waals surface area (Å²) in [7, 11) is 0. The van der Waals surface area contributed by atoms with Crippen molar-refractivity contribution in [3.63, 3.8) is 0 Å². The Balaban J connectivity index is 3.33.